The van der Waals surface area contributed by atoms with Gasteiger partial charge in [0.25, 0.3) is 0 Å². The van der Waals surface area contributed by atoms with Gasteiger partial charge in [0.1, 0.15) is 0 Å². The van der Waals surface area contributed by atoms with Crippen molar-refractivity contribution in [2.24, 2.45) is 0 Å². The van der Waals surface area contributed by atoms with E-state index in [1.54, 1.807) is 0 Å². The van der Waals surface area contributed by atoms with Crippen molar-refractivity contribution in [3.8, 4) is 0 Å². The zero-order chi connectivity index (χ0) is 15.0. The first-order valence-corrected chi connectivity index (χ1v) is 8.29. The van der Waals surface area contributed by atoms with Crippen LogP contribution in [0, 0.1) is 0 Å². The molecule has 0 heterocycles. The molecular weight excluding hydrogens is 250 g/mol. The molecule has 4 heteroatoms. The molecule has 1 saturated carbocycles. The average molecular weight is 283 g/mol. The lowest BCUT2D eigenvalue weighted by Gasteiger charge is -2.34. The molecule has 1 fully saturated rings. The summed E-state index contributed by atoms with van der Waals surface area (Å²) in [6.45, 7) is 7.99. The van der Waals surface area contributed by atoms with Crippen LogP contribution >= 0.6 is 0 Å². The highest BCUT2D eigenvalue weighted by atomic mass is 16.2. The predicted molar refractivity (Wildman–Crippen MR) is 84.9 cm³/mol. The first kappa shape index (κ1) is 17.4. The van der Waals surface area contributed by atoms with Gasteiger partial charge in [-0.1, -0.05) is 20.3 Å². The van der Waals surface area contributed by atoms with Gasteiger partial charge in [0.2, 0.25) is 5.91 Å². The summed E-state index contributed by atoms with van der Waals surface area (Å²) in [7, 11) is 2.09. The summed E-state index contributed by atoms with van der Waals surface area (Å²) in [5.41, 5.74) is 0. The van der Waals surface area contributed by atoms with Crippen LogP contribution in [0.2, 0.25) is 0 Å². The first-order valence-electron chi connectivity index (χ1n) is 8.29. The molecule has 0 bridgehead atoms. The molecule has 0 aliphatic heterocycles. The average Bonchev–Trinajstić information content (AvgIpc) is 2.39. The highest BCUT2D eigenvalue weighted by Gasteiger charge is 2.24. The summed E-state index contributed by atoms with van der Waals surface area (Å²) in [6.07, 6.45) is 7.04. The minimum Gasteiger partial charge on any atom is -0.353 e. The van der Waals surface area contributed by atoms with E-state index in [2.05, 4.69) is 43.4 Å². The molecule has 4 nitrogen and oxygen atoms in total. The zero-order valence-electron chi connectivity index (χ0n) is 13.7. The molecule has 0 aromatic rings. The van der Waals surface area contributed by atoms with Gasteiger partial charge in [0.05, 0.1) is 6.54 Å². The highest BCUT2D eigenvalue weighted by Crippen LogP contribution is 2.22. The summed E-state index contributed by atoms with van der Waals surface area (Å²) in [4.78, 5) is 14.2. The van der Waals surface area contributed by atoms with Gasteiger partial charge in [-0.05, 0) is 52.6 Å². The summed E-state index contributed by atoms with van der Waals surface area (Å²) < 4.78 is 0. The van der Waals surface area contributed by atoms with Crippen LogP contribution in [0.1, 0.15) is 59.3 Å². The third-order valence-corrected chi connectivity index (χ3v) is 4.33. The van der Waals surface area contributed by atoms with Crippen molar-refractivity contribution in [2.45, 2.75) is 77.4 Å². The smallest absolute Gasteiger partial charge is 0.234 e. The maximum Gasteiger partial charge on any atom is 0.234 e. The SMILES string of the molecule is CCCC(C)NC(=O)CN(C)C1CCC(NCC)CC1. The van der Waals surface area contributed by atoms with Gasteiger partial charge in [-0.2, -0.15) is 0 Å². The molecule has 0 saturated heterocycles. The lowest BCUT2D eigenvalue weighted by Crippen LogP contribution is -2.46. The molecular formula is C16H33N3O. The van der Waals surface area contributed by atoms with Gasteiger partial charge in [-0.3, -0.25) is 9.69 Å². The molecule has 0 radical (unpaired) electrons. The second-order valence-electron chi connectivity index (χ2n) is 6.24. The van der Waals surface area contributed by atoms with E-state index in [4.69, 9.17) is 0 Å². The van der Waals surface area contributed by atoms with Crippen LogP contribution < -0.4 is 10.6 Å². The van der Waals surface area contributed by atoms with Crippen molar-refractivity contribution in [3.63, 3.8) is 0 Å². The Morgan fingerprint density at radius 3 is 2.45 bits per heavy atom. The minimum absolute atomic E-state index is 0.169. The molecule has 1 atom stereocenters. The number of rotatable bonds is 8. The Morgan fingerprint density at radius 1 is 1.25 bits per heavy atom. The third kappa shape index (κ3) is 6.23. The van der Waals surface area contributed by atoms with Gasteiger partial charge in [-0.15, -0.1) is 0 Å². The number of carbonyl (C=O) groups is 1. The first-order chi connectivity index (χ1) is 9.56. The van der Waals surface area contributed by atoms with E-state index in [1.165, 1.54) is 25.7 Å². The van der Waals surface area contributed by atoms with E-state index in [0.29, 0.717) is 24.7 Å². The molecule has 1 rings (SSSR count). The van der Waals surface area contributed by atoms with Crippen molar-refractivity contribution < 1.29 is 4.79 Å². The number of hydrogen-bond donors (Lipinski definition) is 2. The Kier molecular flexibility index (Phi) is 8.15. The van der Waals surface area contributed by atoms with Gasteiger partial charge < -0.3 is 10.6 Å². The van der Waals surface area contributed by atoms with Crippen molar-refractivity contribution in [1.82, 2.24) is 15.5 Å². The summed E-state index contributed by atoms with van der Waals surface area (Å²) in [5.74, 6) is 0.169. The lowest BCUT2D eigenvalue weighted by molar-refractivity contribution is -0.123. The van der Waals surface area contributed by atoms with Crippen LogP contribution in [0.25, 0.3) is 0 Å². The molecule has 0 spiro atoms. The van der Waals surface area contributed by atoms with E-state index in [-0.39, 0.29) is 5.91 Å². The summed E-state index contributed by atoms with van der Waals surface area (Å²) in [5, 5.41) is 6.61. The van der Waals surface area contributed by atoms with E-state index in [9.17, 15) is 4.79 Å². The number of likely N-dealkylation sites (N-methyl/N-ethyl adjacent to an activating group) is 1. The Labute approximate surface area is 124 Å². The van der Waals surface area contributed by atoms with Crippen LogP contribution in [-0.2, 0) is 4.79 Å². The Bertz CT molecular complexity index is 275. The largest absolute Gasteiger partial charge is 0.353 e. The maximum absolute atomic E-state index is 12.0. The predicted octanol–water partition coefficient (Wildman–Crippen LogP) is 2.14. The quantitative estimate of drug-likeness (QED) is 0.717. The molecule has 2 N–H and O–H groups in total. The normalized spacial score (nSPS) is 24.6. The van der Waals surface area contributed by atoms with Crippen LogP contribution in [-0.4, -0.2) is 49.1 Å². The van der Waals surface area contributed by atoms with Crippen molar-refractivity contribution in [1.29, 1.82) is 0 Å². The van der Waals surface area contributed by atoms with Crippen LogP contribution in [0.5, 0.6) is 0 Å². The van der Waals surface area contributed by atoms with Gasteiger partial charge in [0.15, 0.2) is 0 Å². The Morgan fingerprint density at radius 2 is 1.90 bits per heavy atom. The fraction of sp³-hybridized carbons (Fsp3) is 0.938. The van der Waals surface area contributed by atoms with E-state index in [1.807, 2.05) is 0 Å². The number of amides is 1. The number of nitrogens with one attached hydrogen (secondary N) is 2. The summed E-state index contributed by atoms with van der Waals surface area (Å²) in [6, 6.07) is 1.55. The molecule has 1 amide bonds. The van der Waals surface area contributed by atoms with Crippen molar-refractivity contribution in [3.05, 3.63) is 0 Å². The van der Waals surface area contributed by atoms with Crippen LogP contribution in [0.15, 0.2) is 0 Å². The Balaban J connectivity index is 2.25. The molecule has 0 aromatic heterocycles. The molecule has 0 aromatic carbocycles. The second kappa shape index (κ2) is 9.35. The molecule has 1 aliphatic carbocycles. The monoisotopic (exact) mass is 283 g/mol. The fourth-order valence-corrected chi connectivity index (χ4v) is 3.19. The molecule has 1 unspecified atom stereocenters. The standard InChI is InChI=1S/C16H33N3O/c1-5-7-13(3)18-16(20)12-19(4)15-10-8-14(9-11-15)17-6-2/h13-15,17H,5-12H2,1-4H3,(H,18,20). The summed E-state index contributed by atoms with van der Waals surface area (Å²) >= 11 is 0. The second-order valence-corrected chi connectivity index (χ2v) is 6.24. The maximum atomic E-state index is 12.0. The zero-order valence-corrected chi connectivity index (χ0v) is 13.7. The number of carbonyl (C=O) groups excluding carboxylic acids is 1. The highest BCUT2D eigenvalue weighted by molar-refractivity contribution is 5.78. The fourth-order valence-electron chi connectivity index (χ4n) is 3.19. The molecule has 118 valence electrons. The third-order valence-electron chi connectivity index (χ3n) is 4.33. The van der Waals surface area contributed by atoms with Crippen molar-refractivity contribution in [2.75, 3.05) is 20.1 Å². The van der Waals surface area contributed by atoms with Crippen LogP contribution in [0.4, 0.5) is 0 Å². The van der Waals surface area contributed by atoms with E-state index < -0.39 is 0 Å². The van der Waals surface area contributed by atoms with Gasteiger partial charge in [0, 0.05) is 18.1 Å². The van der Waals surface area contributed by atoms with Gasteiger partial charge in [-0.25, -0.2) is 0 Å². The van der Waals surface area contributed by atoms with Crippen molar-refractivity contribution >= 4 is 5.91 Å². The van der Waals surface area contributed by atoms with Crippen LogP contribution in [0.3, 0.4) is 0 Å². The number of hydrogen-bond acceptors (Lipinski definition) is 3. The molecule has 20 heavy (non-hydrogen) atoms. The topological polar surface area (TPSA) is 44.4 Å². The van der Waals surface area contributed by atoms with E-state index in [0.717, 1.165) is 19.4 Å². The minimum atomic E-state index is 0.169. The Hall–Kier alpha value is -0.610. The number of nitrogens with zero attached hydrogens (tertiary/aromatic N) is 1. The van der Waals surface area contributed by atoms with Gasteiger partial charge >= 0.3 is 0 Å². The van der Waals surface area contributed by atoms with E-state index >= 15 is 0 Å². The lowest BCUT2D eigenvalue weighted by atomic mass is 9.90. The molecule has 1 aliphatic rings.